The largest absolute Gasteiger partial charge is 0.352 e. The minimum atomic E-state index is 0.725. The Kier molecular flexibility index (Phi) is 5.13. The molecular weight excluding hydrogens is 258 g/mol. The lowest BCUT2D eigenvalue weighted by Crippen LogP contribution is -2.47. The second-order valence-corrected chi connectivity index (χ2v) is 6.18. The summed E-state index contributed by atoms with van der Waals surface area (Å²) in [5.74, 6) is 2.18. The minimum absolute atomic E-state index is 0.725. The van der Waals surface area contributed by atoms with E-state index in [0.29, 0.717) is 0 Å². The van der Waals surface area contributed by atoms with Crippen molar-refractivity contribution >= 4 is 17.7 Å². The molecule has 1 aliphatic rings. The highest BCUT2D eigenvalue weighted by Gasteiger charge is 2.21. The van der Waals surface area contributed by atoms with Gasteiger partial charge in [0.05, 0.1) is 6.20 Å². The zero-order valence-electron chi connectivity index (χ0n) is 11.9. The van der Waals surface area contributed by atoms with E-state index in [4.69, 9.17) is 0 Å². The van der Waals surface area contributed by atoms with Crippen molar-refractivity contribution in [3.63, 3.8) is 0 Å². The number of aromatic nitrogens is 2. The van der Waals surface area contributed by atoms with E-state index in [2.05, 4.69) is 44.1 Å². The molecular formula is C13H23N5S. The zero-order valence-corrected chi connectivity index (χ0v) is 12.8. The number of rotatable bonds is 3. The van der Waals surface area contributed by atoms with Crippen LogP contribution >= 0.6 is 11.8 Å². The molecule has 1 fully saturated rings. The van der Waals surface area contributed by atoms with Crippen molar-refractivity contribution < 1.29 is 0 Å². The second kappa shape index (κ2) is 6.84. The number of nitrogens with one attached hydrogen (secondary N) is 2. The number of guanidine groups is 1. The molecule has 1 aliphatic heterocycles. The number of aryl methyl sites for hydroxylation is 1. The van der Waals surface area contributed by atoms with Crippen LogP contribution in [0.2, 0.25) is 0 Å². The molecule has 19 heavy (non-hydrogen) atoms. The maximum Gasteiger partial charge on any atom is 0.193 e. The molecule has 0 radical (unpaired) electrons. The fourth-order valence-electron chi connectivity index (χ4n) is 2.22. The second-order valence-electron chi connectivity index (χ2n) is 4.77. The minimum Gasteiger partial charge on any atom is -0.352 e. The van der Waals surface area contributed by atoms with Crippen molar-refractivity contribution in [1.29, 1.82) is 0 Å². The fourth-order valence-corrected chi connectivity index (χ4v) is 3.40. The lowest BCUT2D eigenvalue weighted by molar-refractivity contribution is 0.408. The number of thioether (sulfide) groups is 1. The molecule has 2 N–H and O–H groups in total. The first-order chi connectivity index (χ1) is 9.24. The highest BCUT2D eigenvalue weighted by atomic mass is 32.2. The van der Waals surface area contributed by atoms with Crippen molar-refractivity contribution in [3.8, 4) is 0 Å². The van der Waals surface area contributed by atoms with Crippen LogP contribution in [-0.4, -0.2) is 52.2 Å². The Labute approximate surface area is 119 Å². The van der Waals surface area contributed by atoms with E-state index in [1.165, 1.54) is 17.7 Å². The van der Waals surface area contributed by atoms with Crippen LogP contribution in [0, 0.1) is 6.92 Å². The van der Waals surface area contributed by atoms with Gasteiger partial charge in [0, 0.05) is 48.9 Å². The van der Waals surface area contributed by atoms with E-state index in [0.717, 1.165) is 36.5 Å². The lowest BCUT2D eigenvalue weighted by Gasteiger charge is -2.34. The Hall–Kier alpha value is -1.17. The zero-order chi connectivity index (χ0) is 13.7. The van der Waals surface area contributed by atoms with Gasteiger partial charge in [-0.25, -0.2) is 0 Å². The molecule has 0 spiro atoms. The van der Waals surface area contributed by atoms with Gasteiger partial charge in [-0.3, -0.25) is 10.1 Å². The average Bonchev–Trinajstić information content (AvgIpc) is 2.85. The van der Waals surface area contributed by atoms with E-state index in [-0.39, 0.29) is 0 Å². The van der Waals surface area contributed by atoms with E-state index >= 15 is 0 Å². The highest BCUT2D eigenvalue weighted by Crippen LogP contribution is 2.21. The maximum absolute atomic E-state index is 4.40. The summed E-state index contributed by atoms with van der Waals surface area (Å²) in [4.78, 5) is 6.76. The van der Waals surface area contributed by atoms with Gasteiger partial charge in [-0.1, -0.05) is 6.92 Å². The molecule has 0 aromatic carbocycles. The number of aromatic amines is 1. The first-order valence-electron chi connectivity index (χ1n) is 6.80. The maximum atomic E-state index is 4.40. The molecule has 0 saturated carbocycles. The Morgan fingerprint density at radius 2 is 2.53 bits per heavy atom. The average molecular weight is 281 g/mol. The van der Waals surface area contributed by atoms with Gasteiger partial charge in [0.15, 0.2) is 5.96 Å². The molecule has 2 heterocycles. The summed E-state index contributed by atoms with van der Waals surface area (Å²) < 4.78 is 0. The molecule has 1 saturated heterocycles. The van der Waals surface area contributed by atoms with Crippen LogP contribution in [0.4, 0.5) is 0 Å². The Morgan fingerprint density at radius 1 is 1.68 bits per heavy atom. The third kappa shape index (κ3) is 3.65. The summed E-state index contributed by atoms with van der Waals surface area (Å²) in [5.41, 5.74) is 2.31. The van der Waals surface area contributed by atoms with E-state index < -0.39 is 0 Å². The first-order valence-corrected chi connectivity index (χ1v) is 7.85. The van der Waals surface area contributed by atoms with Gasteiger partial charge in [-0.05, 0) is 13.3 Å². The SMILES string of the molecule is CCC1CN(C(=NC)NCc2cn[nH]c2C)CCS1. The van der Waals surface area contributed by atoms with E-state index in [9.17, 15) is 0 Å². The first kappa shape index (κ1) is 14.2. The van der Waals surface area contributed by atoms with E-state index in [1.54, 1.807) is 0 Å². The fraction of sp³-hybridized carbons (Fsp3) is 0.692. The summed E-state index contributed by atoms with van der Waals surface area (Å²) >= 11 is 2.07. The smallest absolute Gasteiger partial charge is 0.193 e. The number of hydrogen-bond donors (Lipinski definition) is 2. The quantitative estimate of drug-likeness (QED) is 0.653. The van der Waals surface area contributed by atoms with Crippen LogP contribution in [0.25, 0.3) is 0 Å². The molecule has 0 amide bonds. The van der Waals surface area contributed by atoms with Crippen LogP contribution in [0.1, 0.15) is 24.6 Å². The Morgan fingerprint density at radius 3 is 3.16 bits per heavy atom. The third-order valence-electron chi connectivity index (χ3n) is 3.48. The Balaban J connectivity index is 1.91. The van der Waals surface area contributed by atoms with Crippen molar-refractivity contribution in [3.05, 3.63) is 17.5 Å². The molecule has 1 atom stereocenters. The number of hydrogen-bond acceptors (Lipinski definition) is 3. The van der Waals surface area contributed by atoms with Crippen LogP contribution in [-0.2, 0) is 6.54 Å². The van der Waals surface area contributed by atoms with Gasteiger partial charge >= 0.3 is 0 Å². The van der Waals surface area contributed by atoms with Gasteiger partial charge in [0.1, 0.15) is 0 Å². The number of nitrogens with zero attached hydrogens (tertiary/aromatic N) is 3. The number of H-pyrrole nitrogens is 1. The molecule has 106 valence electrons. The van der Waals surface area contributed by atoms with Crippen LogP contribution in [0.15, 0.2) is 11.2 Å². The molecule has 5 nitrogen and oxygen atoms in total. The molecule has 2 rings (SSSR count). The van der Waals surface area contributed by atoms with Gasteiger partial charge in [0.25, 0.3) is 0 Å². The standard InChI is InChI=1S/C13H23N5S/c1-4-12-9-18(5-6-19-12)13(14-3)15-7-11-8-16-17-10(11)2/h8,12H,4-7,9H2,1-3H3,(H,14,15)(H,16,17). The molecule has 0 aliphatic carbocycles. The van der Waals surface area contributed by atoms with Crippen molar-refractivity contribution in [2.75, 3.05) is 25.9 Å². The number of aliphatic imine (C=N–C) groups is 1. The molecule has 1 unspecified atom stereocenters. The topological polar surface area (TPSA) is 56.3 Å². The summed E-state index contributed by atoms with van der Waals surface area (Å²) in [6.07, 6.45) is 3.09. The normalized spacial score (nSPS) is 20.7. The van der Waals surface area contributed by atoms with Crippen LogP contribution in [0.3, 0.4) is 0 Å². The van der Waals surface area contributed by atoms with Crippen molar-refractivity contribution in [2.24, 2.45) is 4.99 Å². The summed E-state index contributed by atoms with van der Waals surface area (Å²) in [5, 5.41) is 11.2. The van der Waals surface area contributed by atoms with Crippen LogP contribution in [0.5, 0.6) is 0 Å². The van der Waals surface area contributed by atoms with Gasteiger partial charge in [-0.2, -0.15) is 16.9 Å². The van der Waals surface area contributed by atoms with Crippen LogP contribution < -0.4 is 5.32 Å². The van der Waals surface area contributed by atoms with Crippen molar-refractivity contribution in [1.82, 2.24) is 20.4 Å². The van der Waals surface area contributed by atoms with Gasteiger partial charge in [0.2, 0.25) is 0 Å². The molecule has 1 aromatic rings. The highest BCUT2D eigenvalue weighted by molar-refractivity contribution is 8.00. The van der Waals surface area contributed by atoms with Crippen molar-refractivity contribution in [2.45, 2.75) is 32.1 Å². The summed E-state index contributed by atoms with van der Waals surface area (Å²) in [6, 6.07) is 0. The molecule has 1 aromatic heterocycles. The Bertz CT molecular complexity index is 428. The third-order valence-corrected chi connectivity index (χ3v) is 4.85. The lowest BCUT2D eigenvalue weighted by atomic mass is 10.2. The van der Waals surface area contributed by atoms with E-state index in [1.807, 2.05) is 20.2 Å². The monoisotopic (exact) mass is 281 g/mol. The summed E-state index contributed by atoms with van der Waals surface area (Å²) in [6.45, 7) is 7.23. The van der Waals surface area contributed by atoms with Gasteiger partial charge in [-0.15, -0.1) is 0 Å². The predicted molar refractivity (Wildman–Crippen MR) is 81.6 cm³/mol. The molecule has 0 bridgehead atoms. The predicted octanol–water partition coefficient (Wildman–Crippen LogP) is 1.62. The summed E-state index contributed by atoms with van der Waals surface area (Å²) in [7, 11) is 1.85. The molecule has 6 heteroatoms. The van der Waals surface area contributed by atoms with Gasteiger partial charge < -0.3 is 10.2 Å².